The van der Waals surface area contributed by atoms with Crippen molar-refractivity contribution in [2.75, 3.05) is 44.7 Å². The molecule has 0 bridgehead atoms. The van der Waals surface area contributed by atoms with Gasteiger partial charge < -0.3 is 29.6 Å². The highest BCUT2D eigenvalue weighted by atomic mass is 16.6. The molecule has 9 nitrogen and oxygen atoms in total. The van der Waals surface area contributed by atoms with Gasteiger partial charge in [-0.05, 0) is 63.4 Å². The zero-order chi connectivity index (χ0) is 27.4. The standard InChI is InChI=1S/C29H36N4O5/c1-19-9-10-22-23(17-19)31-27(35)25(37-5)24(22)26(34)30-12-11-20-7-6-8-21(18-20)32-13-15-33(16-14-32)28(36)38-29(2,3)4/h6-10,17-18H,11-16H2,1-5H3,(H,30,34)(H,31,35). The van der Waals surface area contributed by atoms with Gasteiger partial charge in [-0.1, -0.05) is 24.3 Å². The van der Waals surface area contributed by atoms with E-state index in [0.717, 1.165) is 16.8 Å². The molecule has 1 fully saturated rings. The van der Waals surface area contributed by atoms with Crippen LogP contribution in [0, 0.1) is 6.92 Å². The number of piperazine rings is 1. The van der Waals surface area contributed by atoms with Gasteiger partial charge in [0.1, 0.15) is 5.60 Å². The first kappa shape index (κ1) is 27.0. The van der Waals surface area contributed by atoms with Gasteiger partial charge in [0.25, 0.3) is 11.5 Å². The van der Waals surface area contributed by atoms with Crippen LogP contribution < -0.4 is 20.5 Å². The number of aromatic nitrogens is 1. The van der Waals surface area contributed by atoms with Gasteiger partial charge in [-0.2, -0.15) is 0 Å². The third-order valence-corrected chi connectivity index (χ3v) is 6.46. The highest BCUT2D eigenvalue weighted by Crippen LogP contribution is 2.24. The lowest BCUT2D eigenvalue weighted by Gasteiger charge is -2.36. The Hall–Kier alpha value is -4.01. The second-order valence-corrected chi connectivity index (χ2v) is 10.5. The molecule has 2 N–H and O–H groups in total. The SMILES string of the molecule is COc1c(C(=O)NCCc2cccc(N3CCN(C(=O)OC(C)(C)C)CC3)c2)c2ccc(C)cc2[nH]c1=O. The molecule has 1 aliphatic heterocycles. The van der Waals surface area contributed by atoms with Crippen molar-refractivity contribution in [3.05, 3.63) is 69.5 Å². The van der Waals surface area contributed by atoms with Gasteiger partial charge in [0.05, 0.1) is 12.7 Å². The molecular weight excluding hydrogens is 484 g/mol. The maximum Gasteiger partial charge on any atom is 0.410 e. The van der Waals surface area contributed by atoms with E-state index in [1.807, 2.05) is 58.0 Å². The van der Waals surface area contributed by atoms with Crippen LogP contribution in [0.3, 0.4) is 0 Å². The fourth-order valence-electron chi connectivity index (χ4n) is 4.61. The van der Waals surface area contributed by atoms with Crippen LogP contribution in [-0.4, -0.2) is 67.3 Å². The predicted molar refractivity (Wildman–Crippen MR) is 148 cm³/mol. The molecule has 0 saturated carbocycles. The smallest absolute Gasteiger partial charge is 0.410 e. The number of aryl methyl sites for hydroxylation is 1. The number of nitrogens with one attached hydrogen (secondary N) is 2. The summed E-state index contributed by atoms with van der Waals surface area (Å²) in [5, 5.41) is 3.58. The number of pyridine rings is 1. The third kappa shape index (κ3) is 6.27. The Kier molecular flexibility index (Phi) is 7.94. The van der Waals surface area contributed by atoms with Crippen LogP contribution in [-0.2, 0) is 11.2 Å². The van der Waals surface area contributed by atoms with Crippen LogP contribution >= 0.6 is 0 Å². The van der Waals surface area contributed by atoms with Crippen LogP contribution in [0.25, 0.3) is 10.9 Å². The quantitative estimate of drug-likeness (QED) is 0.511. The van der Waals surface area contributed by atoms with E-state index in [1.54, 1.807) is 4.90 Å². The molecule has 1 aliphatic rings. The van der Waals surface area contributed by atoms with Gasteiger partial charge in [-0.3, -0.25) is 9.59 Å². The van der Waals surface area contributed by atoms with Gasteiger partial charge in [-0.15, -0.1) is 0 Å². The van der Waals surface area contributed by atoms with Crippen molar-refractivity contribution in [3.8, 4) is 5.75 Å². The molecule has 2 amide bonds. The molecule has 38 heavy (non-hydrogen) atoms. The van der Waals surface area contributed by atoms with Crippen molar-refractivity contribution in [3.63, 3.8) is 0 Å². The molecule has 1 saturated heterocycles. The largest absolute Gasteiger partial charge is 0.490 e. The summed E-state index contributed by atoms with van der Waals surface area (Å²) in [5.41, 5.74) is 3.03. The summed E-state index contributed by atoms with van der Waals surface area (Å²) in [6.07, 6.45) is 0.349. The number of nitrogens with zero attached hydrogens (tertiary/aromatic N) is 2. The number of anilines is 1. The molecule has 2 aromatic carbocycles. The average Bonchev–Trinajstić information content (AvgIpc) is 2.87. The van der Waals surface area contributed by atoms with Crippen LogP contribution in [0.15, 0.2) is 47.3 Å². The minimum atomic E-state index is -0.508. The molecule has 3 aromatic rings. The Morgan fingerprint density at radius 3 is 2.47 bits per heavy atom. The minimum absolute atomic E-state index is 0.00590. The lowest BCUT2D eigenvalue weighted by atomic mass is 10.0. The van der Waals surface area contributed by atoms with Gasteiger partial charge in [0, 0.05) is 49.3 Å². The second-order valence-electron chi connectivity index (χ2n) is 10.5. The number of H-pyrrole nitrogens is 1. The second kappa shape index (κ2) is 11.2. The number of ether oxygens (including phenoxy) is 2. The van der Waals surface area contributed by atoms with Crippen LogP contribution in [0.2, 0.25) is 0 Å². The lowest BCUT2D eigenvalue weighted by Crippen LogP contribution is -2.50. The number of aromatic amines is 1. The number of carbonyl (C=O) groups excluding carboxylic acids is 2. The highest BCUT2D eigenvalue weighted by Gasteiger charge is 2.26. The monoisotopic (exact) mass is 520 g/mol. The molecule has 9 heteroatoms. The fraction of sp³-hybridized carbons (Fsp3) is 0.414. The number of fused-ring (bicyclic) bond motifs is 1. The predicted octanol–water partition coefficient (Wildman–Crippen LogP) is 3.87. The first-order valence-electron chi connectivity index (χ1n) is 12.9. The van der Waals surface area contributed by atoms with Crippen molar-refractivity contribution >= 4 is 28.6 Å². The van der Waals surface area contributed by atoms with Gasteiger partial charge in [0.15, 0.2) is 5.75 Å². The van der Waals surface area contributed by atoms with E-state index >= 15 is 0 Å². The zero-order valence-corrected chi connectivity index (χ0v) is 22.7. The number of benzene rings is 2. The Balaban J connectivity index is 1.38. The van der Waals surface area contributed by atoms with Crippen molar-refractivity contribution in [2.24, 2.45) is 0 Å². The van der Waals surface area contributed by atoms with Crippen molar-refractivity contribution in [1.82, 2.24) is 15.2 Å². The van der Waals surface area contributed by atoms with Crippen molar-refractivity contribution in [1.29, 1.82) is 0 Å². The number of amides is 2. The average molecular weight is 521 g/mol. The molecule has 202 valence electrons. The van der Waals surface area contributed by atoms with Crippen molar-refractivity contribution < 1.29 is 19.1 Å². The first-order valence-corrected chi connectivity index (χ1v) is 12.9. The Labute approximate surface area is 222 Å². The lowest BCUT2D eigenvalue weighted by molar-refractivity contribution is 0.0240. The molecular formula is C29H36N4O5. The molecule has 0 unspecified atom stereocenters. The molecule has 0 aliphatic carbocycles. The Bertz CT molecular complexity index is 1380. The number of hydrogen-bond donors (Lipinski definition) is 2. The van der Waals surface area contributed by atoms with E-state index in [2.05, 4.69) is 27.3 Å². The number of rotatable bonds is 6. The zero-order valence-electron chi connectivity index (χ0n) is 22.7. The summed E-state index contributed by atoms with van der Waals surface area (Å²) in [6, 6.07) is 13.8. The van der Waals surface area contributed by atoms with Gasteiger partial charge >= 0.3 is 6.09 Å². The number of hydrogen-bond acceptors (Lipinski definition) is 6. The summed E-state index contributed by atoms with van der Waals surface area (Å²) >= 11 is 0. The maximum absolute atomic E-state index is 13.2. The van der Waals surface area contributed by atoms with E-state index in [4.69, 9.17) is 9.47 Å². The van der Waals surface area contributed by atoms with E-state index in [-0.39, 0.29) is 23.3 Å². The number of methoxy groups -OCH3 is 1. The van der Waals surface area contributed by atoms with Gasteiger partial charge in [-0.25, -0.2) is 4.79 Å². The van der Waals surface area contributed by atoms with E-state index < -0.39 is 11.2 Å². The summed E-state index contributed by atoms with van der Waals surface area (Å²) in [6.45, 7) is 10.6. The minimum Gasteiger partial charge on any atom is -0.490 e. The summed E-state index contributed by atoms with van der Waals surface area (Å²) in [4.78, 5) is 44.8. The van der Waals surface area contributed by atoms with Crippen LogP contribution in [0.5, 0.6) is 5.75 Å². The summed E-state index contributed by atoms with van der Waals surface area (Å²) in [5.74, 6) is -0.345. The Morgan fingerprint density at radius 2 is 1.79 bits per heavy atom. The number of carbonyl (C=O) groups is 2. The van der Waals surface area contributed by atoms with E-state index in [9.17, 15) is 14.4 Å². The Morgan fingerprint density at radius 1 is 1.05 bits per heavy atom. The van der Waals surface area contributed by atoms with E-state index in [0.29, 0.717) is 50.0 Å². The van der Waals surface area contributed by atoms with Crippen molar-refractivity contribution in [2.45, 2.75) is 39.7 Å². The van der Waals surface area contributed by atoms with Crippen LogP contribution in [0.1, 0.15) is 42.3 Å². The fourth-order valence-corrected chi connectivity index (χ4v) is 4.61. The molecule has 0 spiro atoms. The maximum atomic E-state index is 13.2. The highest BCUT2D eigenvalue weighted by molar-refractivity contribution is 6.08. The van der Waals surface area contributed by atoms with E-state index in [1.165, 1.54) is 7.11 Å². The van der Waals surface area contributed by atoms with Crippen LogP contribution in [0.4, 0.5) is 10.5 Å². The topological polar surface area (TPSA) is 104 Å². The molecule has 1 aromatic heterocycles. The molecule has 0 atom stereocenters. The molecule has 4 rings (SSSR count). The summed E-state index contributed by atoms with van der Waals surface area (Å²) < 4.78 is 10.8. The first-order chi connectivity index (χ1) is 18.1. The molecule has 0 radical (unpaired) electrons. The molecule has 2 heterocycles. The third-order valence-electron chi connectivity index (χ3n) is 6.46. The van der Waals surface area contributed by atoms with Gasteiger partial charge in [0.2, 0.25) is 0 Å². The summed E-state index contributed by atoms with van der Waals surface area (Å²) in [7, 11) is 1.39. The normalized spacial score (nSPS) is 13.9.